The minimum Gasteiger partial charge on any atom is -0.268 e. The molecule has 0 fully saturated rings. The van der Waals surface area contributed by atoms with Gasteiger partial charge in [0.1, 0.15) is 0 Å². The summed E-state index contributed by atoms with van der Waals surface area (Å²) in [4.78, 5) is 37.3. The average Bonchev–Trinajstić information content (AvgIpc) is 2.71. The zero-order chi connectivity index (χ0) is 14.3. The molecule has 0 unspecified atom stereocenters. The number of hydrogen-bond donors (Lipinski definition) is 0. The molecule has 1 aliphatic heterocycles. The lowest BCUT2D eigenvalue weighted by atomic mass is 10.1. The van der Waals surface area contributed by atoms with E-state index in [4.69, 9.17) is 11.6 Å². The number of imide groups is 3. The zero-order valence-electron chi connectivity index (χ0n) is 10.2. The van der Waals surface area contributed by atoms with Gasteiger partial charge in [0.2, 0.25) is 0 Å². The molecule has 0 atom stereocenters. The van der Waals surface area contributed by atoms with Crippen LogP contribution in [0.25, 0.3) is 0 Å². The largest absolute Gasteiger partial charge is 0.269 e. The van der Waals surface area contributed by atoms with E-state index in [0.29, 0.717) is 4.90 Å². The Morgan fingerprint density at radius 2 is 1.35 bits per heavy atom. The van der Waals surface area contributed by atoms with Crippen LogP contribution in [0.3, 0.4) is 0 Å². The van der Waals surface area contributed by atoms with E-state index in [-0.39, 0.29) is 21.7 Å². The van der Waals surface area contributed by atoms with Crippen molar-refractivity contribution in [1.82, 2.24) is 4.90 Å². The van der Waals surface area contributed by atoms with Crippen LogP contribution in [0.4, 0.5) is 0 Å². The van der Waals surface area contributed by atoms with Gasteiger partial charge in [0, 0.05) is 0 Å². The van der Waals surface area contributed by atoms with E-state index in [1.54, 1.807) is 24.3 Å². The third-order valence-corrected chi connectivity index (χ3v) is 3.43. The molecule has 3 amide bonds. The predicted octanol–water partition coefficient (Wildman–Crippen LogP) is 2.78. The van der Waals surface area contributed by atoms with Crippen LogP contribution in [0, 0.1) is 0 Å². The average molecular weight is 286 g/mol. The molecule has 0 spiro atoms. The maximum Gasteiger partial charge on any atom is 0.269 e. The molecule has 0 radical (unpaired) electrons. The number of rotatable bonds is 1. The van der Waals surface area contributed by atoms with Crippen LogP contribution in [0.1, 0.15) is 31.1 Å². The number of benzene rings is 2. The van der Waals surface area contributed by atoms with Gasteiger partial charge >= 0.3 is 0 Å². The summed E-state index contributed by atoms with van der Waals surface area (Å²) >= 11 is 5.93. The third-order valence-electron chi connectivity index (χ3n) is 3.10. The minimum absolute atomic E-state index is 0.128. The van der Waals surface area contributed by atoms with Crippen LogP contribution in [0.15, 0.2) is 48.5 Å². The SMILES string of the molecule is O=C(c1ccccc1Cl)N1C(=O)c2ccccc2C1=O. The van der Waals surface area contributed by atoms with E-state index in [0.717, 1.165) is 0 Å². The van der Waals surface area contributed by atoms with E-state index >= 15 is 0 Å². The lowest BCUT2D eigenvalue weighted by molar-refractivity contribution is 0.0566. The molecule has 0 saturated heterocycles. The van der Waals surface area contributed by atoms with Crippen molar-refractivity contribution >= 4 is 29.3 Å². The number of amides is 3. The molecule has 4 nitrogen and oxygen atoms in total. The second-order valence-electron chi connectivity index (χ2n) is 4.28. The van der Waals surface area contributed by atoms with E-state index < -0.39 is 17.7 Å². The van der Waals surface area contributed by atoms with Gasteiger partial charge in [-0.15, -0.1) is 0 Å². The Balaban J connectivity index is 2.06. The molecule has 0 aliphatic carbocycles. The van der Waals surface area contributed by atoms with Gasteiger partial charge in [0.15, 0.2) is 0 Å². The van der Waals surface area contributed by atoms with E-state index in [2.05, 4.69) is 0 Å². The van der Waals surface area contributed by atoms with Gasteiger partial charge in [-0.1, -0.05) is 35.9 Å². The molecule has 0 N–H and O–H groups in total. The Kier molecular flexibility index (Phi) is 2.88. The topological polar surface area (TPSA) is 54.5 Å². The molecule has 1 heterocycles. The van der Waals surface area contributed by atoms with Crippen LogP contribution >= 0.6 is 11.6 Å². The molecule has 3 rings (SSSR count). The van der Waals surface area contributed by atoms with E-state index in [1.807, 2.05) is 0 Å². The Bertz CT molecular complexity index is 719. The van der Waals surface area contributed by atoms with Crippen LogP contribution < -0.4 is 0 Å². The van der Waals surface area contributed by atoms with Crippen molar-refractivity contribution in [3.05, 3.63) is 70.2 Å². The smallest absolute Gasteiger partial charge is 0.268 e. The highest BCUT2D eigenvalue weighted by Crippen LogP contribution is 2.26. The van der Waals surface area contributed by atoms with Crippen molar-refractivity contribution in [2.24, 2.45) is 0 Å². The van der Waals surface area contributed by atoms with Crippen molar-refractivity contribution < 1.29 is 14.4 Å². The van der Waals surface area contributed by atoms with Crippen molar-refractivity contribution in [2.45, 2.75) is 0 Å². The highest BCUT2D eigenvalue weighted by atomic mass is 35.5. The molecule has 5 heteroatoms. The fourth-order valence-corrected chi connectivity index (χ4v) is 2.35. The minimum atomic E-state index is -0.707. The number of nitrogens with zero attached hydrogens (tertiary/aromatic N) is 1. The molecule has 0 saturated carbocycles. The number of carbonyl (C=O) groups is 3. The Hall–Kier alpha value is -2.46. The van der Waals surface area contributed by atoms with Crippen LogP contribution in [-0.2, 0) is 0 Å². The van der Waals surface area contributed by atoms with Gasteiger partial charge in [0.25, 0.3) is 17.7 Å². The summed E-state index contributed by atoms with van der Waals surface area (Å²) in [6, 6.07) is 12.6. The molecule has 2 aromatic rings. The molecular formula is C15H8ClNO3. The number of carbonyl (C=O) groups excluding carboxylic acids is 3. The highest BCUT2D eigenvalue weighted by Gasteiger charge is 2.40. The van der Waals surface area contributed by atoms with E-state index in [9.17, 15) is 14.4 Å². The Morgan fingerprint density at radius 3 is 1.90 bits per heavy atom. The Labute approximate surface area is 119 Å². The van der Waals surface area contributed by atoms with Gasteiger partial charge < -0.3 is 0 Å². The second kappa shape index (κ2) is 4.58. The summed E-state index contributed by atoms with van der Waals surface area (Å²) in [6.45, 7) is 0. The first-order valence-electron chi connectivity index (χ1n) is 5.88. The normalized spacial score (nSPS) is 13.6. The van der Waals surface area contributed by atoms with Crippen LogP contribution in [-0.4, -0.2) is 22.6 Å². The predicted molar refractivity (Wildman–Crippen MR) is 72.7 cm³/mol. The van der Waals surface area contributed by atoms with Crippen molar-refractivity contribution in [2.75, 3.05) is 0 Å². The van der Waals surface area contributed by atoms with Crippen LogP contribution in [0.5, 0.6) is 0 Å². The first kappa shape index (κ1) is 12.6. The number of hydrogen-bond acceptors (Lipinski definition) is 3. The molecule has 0 aromatic heterocycles. The van der Waals surface area contributed by atoms with Gasteiger partial charge in [-0.25, -0.2) is 4.90 Å². The second-order valence-corrected chi connectivity index (χ2v) is 4.68. The first-order chi connectivity index (χ1) is 9.61. The molecule has 98 valence electrons. The fraction of sp³-hybridized carbons (Fsp3) is 0. The van der Waals surface area contributed by atoms with Gasteiger partial charge in [-0.2, -0.15) is 0 Å². The number of halogens is 1. The summed E-state index contributed by atoms with van der Waals surface area (Å²) in [5, 5.41) is 0.203. The molecule has 1 aliphatic rings. The molecule has 20 heavy (non-hydrogen) atoms. The fourth-order valence-electron chi connectivity index (χ4n) is 2.13. The van der Waals surface area contributed by atoms with E-state index in [1.165, 1.54) is 24.3 Å². The molecular weight excluding hydrogens is 278 g/mol. The third kappa shape index (κ3) is 1.73. The molecule has 0 bridgehead atoms. The lowest BCUT2D eigenvalue weighted by Crippen LogP contribution is -2.36. The van der Waals surface area contributed by atoms with Gasteiger partial charge in [-0.3, -0.25) is 14.4 Å². The summed E-state index contributed by atoms with van der Waals surface area (Å²) in [5.41, 5.74) is 0.597. The van der Waals surface area contributed by atoms with Crippen molar-refractivity contribution in [1.29, 1.82) is 0 Å². The summed E-state index contributed by atoms with van der Waals surface area (Å²) < 4.78 is 0. The summed E-state index contributed by atoms with van der Waals surface area (Å²) in [6.07, 6.45) is 0. The van der Waals surface area contributed by atoms with Gasteiger partial charge in [-0.05, 0) is 24.3 Å². The summed E-state index contributed by atoms with van der Waals surface area (Å²) in [5.74, 6) is -1.94. The van der Waals surface area contributed by atoms with Crippen molar-refractivity contribution in [3.63, 3.8) is 0 Å². The lowest BCUT2D eigenvalue weighted by Gasteiger charge is -2.12. The van der Waals surface area contributed by atoms with Crippen LogP contribution in [0.2, 0.25) is 5.02 Å². The maximum atomic E-state index is 12.4. The first-order valence-corrected chi connectivity index (χ1v) is 6.25. The standard InChI is InChI=1S/C15H8ClNO3/c16-12-8-4-3-7-11(12)15(20)17-13(18)9-5-1-2-6-10(9)14(17)19/h1-8H. The van der Waals surface area contributed by atoms with Gasteiger partial charge in [0.05, 0.1) is 21.7 Å². The maximum absolute atomic E-state index is 12.4. The highest BCUT2D eigenvalue weighted by molar-refractivity contribution is 6.37. The van der Waals surface area contributed by atoms with Crippen molar-refractivity contribution in [3.8, 4) is 0 Å². The zero-order valence-corrected chi connectivity index (χ0v) is 10.9. The summed E-state index contributed by atoms with van der Waals surface area (Å²) in [7, 11) is 0. The number of fused-ring (bicyclic) bond motifs is 1. The Morgan fingerprint density at radius 1 is 0.850 bits per heavy atom. The molecule has 2 aromatic carbocycles. The monoisotopic (exact) mass is 285 g/mol. The quantitative estimate of drug-likeness (QED) is 0.757.